The van der Waals surface area contributed by atoms with Crippen molar-refractivity contribution in [2.75, 3.05) is 13.0 Å². The molecule has 0 amide bonds. The largest absolute Gasteiger partial charge is 0.504 e. The highest BCUT2D eigenvalue weighted by atomic mass is 35.5. The Balaban J connectivity index is 2.87. The summed E-state index contributed by atoms with van der Waals surface area (Å²) in [5, 5.41) is 28.7. The molecule has 16 heavy (non-hydrogen) atoms. The number of aliphatic hydroxyl groups is 2. The summed E-state index contributed by atoms with van der Waals surface area (Å²) in [5.74, 6) is 0.521. The maximum absolute atomic E-state index is 9.79. The van der Waals surface area contributed by atoms with Crippen LogP contribution in [0, 0.1) is 0 Å². The Morgan fingerprint density at radius 3 is 2.62 bits per heavy atom. The van der Waals surface area contributed by atoms with E-state index in [1.807, 2.05) is 0 Å². The molecule has 0 saturated carbocycles. The molecule has 0 aliphatic rings. The Morgan fingerprint density at radius 1 is 1.38 bits per heavy atom. The molecule has 1 rings (SSSR count). The fraction of sp³-hybridized carbons (Fsp3) is 0.455. The summed E-state index contributed by atoms with van der Waals surface area (Å²) in [5.41, 5.74) is 0.479. The molecule has 5 heteroatoms. The molecule has 0 radical (unpaired) electrons. The Bertz CT molecular complexity index is 343. The lowest BCUT2D eigenvalue weighted by Crippen LogP contribution is -2.18. The number of rotatable bonds is 5. The van der Waals surface area contributed by atoms with Crippen LogP contribution in [0.5, 0.6) is 11.5 Å². The number of aliphatic hydroxyl groups excluding tert-OH is 2. The van der Waals surface area contributed by atoms with Crippen LogP contribution >= 0.6 is 11.6 Å². The van der Waals surface area contributed by atoms with Gasteiger partial charge in [-0.05, 0) is 24.1 Å². The highest BCUT2D eigenvalue weighted by Gasteiger charge is 2.19. The molecular weight excluding hydrogens is 232 g/mol. The number of halogens is 1. The zero-order valence-corrected chi connectivity index (χ0v) is 9.68. The molecule has 0 fully saturated rings. The molecular formula is C11H15ClO4. The quantitative estimate of drug-likeness (QED) is 0.688. The molecule has 0 aromatic heterocycles. The van der Waals surface area contributed by atoms with Crippen LogP contribution in [-0.4, -0.2) is 34.4 Å². The SMILES string of the molecule is COc1cc(C(O)C(O)CCCl)ccc1O. The lowest BCUT2D eigenvalue weighted by Gasteiger charge is -2.18. The van der Waals surface area contributed by atoms with Crippen LogP contribution in [0.15, 0.2) is 18.2 Å². The van der Waals surface area contributed by atoms with E-state index in [9.17, 15) is 15.3 Å². The van der Waals surface area contributed by atoms with E-state index in [-0.39, 0.29) is 17.4 Å². The van der Waals surface area contributed by atoms with Crippen molar-refractivity contribution in [3.05, 3.63) is 23.8 Å². The minimum Gasteiger partial charge on any atom is -0.504 e. The van der Waals surface area contributed by atoms with Crippen LogP contribution in [0.4, 0.5) is 0 Å². The van der Waals surface area contributed by atoms with Crippen LogP contribution in [0.3, 0.4) is 0 Å². The van der Waals surface area contributed by atoms with E-state index in [2.05, 4.69) is 0 Å². The number of benzene rings is 1. The molecule has 0 bridgehead atoms. The summed E-state index contributed by atoms with van der Waals surface area (Å²) in [7, 11) is 1.42. The van der Waals surface area contributed by atoms with E-state index < -0.39 is 12.2 Å². The van der Waals surface area contributed by atoms with Crippen LogP contribution in [0.25, 0.3) is 0 Å². The minimum atomic E-state index is -1.03. The lowest BCUT2D eigenvalue weighted by molar-refractivity contribution is 0.0168. The van der Waals surface area contributed by atoms with Gasteiger partial charge in [0.25, 0.3) is 0 Å². The minimum absolute atomic E-state index is 0.00900. The van der Waals surface area contributed by atoms with Gasteiger partial charge in [-0.3, -0.25) is 0 Å². The number of phenolic OH excluding ortho intramolecular Hbond substituents is 1. The first kappa shape index (κ1) is 13.1. The summed E-state index contributed by atoms with van der Waals surface area (Å²) in [6, 6.07) is 4.42. The van der Waals surface area contributed by atoms with E-state index in [1.165, 1.54) is 25.3 Å². The summed E-state index contributed by atoms with van der Waals surface area (Å²) < 4.78 is 4.91. The van der Waals surface area contributed by atoms with E-state index in [0.717, 1.165) is 0 Å². The van der Waals surface area contributed by atoms with Gasteiger partial charge in [0.05, 0.1) is 13.2 Å². The zero-order valence-electron chi connectivity index (χ0n) is 8.93. The summed E-state index contributed by atoms with van der Waals surface area (Å²) in [6.07, 6.45) is -1.66. The first-order chi connectivity index (χ1) is 7.60. The van der Waals surface area contributed by atoms with Crippen LogP contribution in [0.1, 0.15) is 18.1 Å². The van der Waals surface area contributed by atoms with Crippen molar-refractivity contribution in [1.29, 1.82) is 0 Å². The second-order valence-corrected chi connectivity index (χ2v) is 3.80. The third-order valence-electron chi connectivity index (χ3n) is 2.31. The van der Waals surface area contributed by atoms with Crippen molar-refractivity contribution in [1.82, 2.24) is 0 Å². The third kappa shape index (κ3) is 3.01. The van der Waals surface area contributed by atoms with Gasteiger partial charge in [-0.25, -0.2) is 0 Å². The fourth-order valence-corrected chi connectivity index (χ4v) is 1.59. The van der Waals surface area contributed by atoms with Crippen LogP contribution < -0.4 is 4.74 Å². The first-order valence-electron chi connectivity index (χ1n) is 4.89. The number of methoxy groups -OCH3 is 1. The van der Waals surface area contributed by atoms with Gasteiger partial charge in [0, 0.05) is 5.88 Å². The number of ether oxygens (including phenoxy) is 1. The standard InChI is InChI=1S/C11H15ClO4/c1-16-10-6-7(2-3-8(10)13)11(15)9(14)4-5-12/h2-3,6,9,11,13-15H,4-5H2,1H3. The first-order valence-corrected chi connectivity index (χ1v) is 5.42. The van der Waals surface area contributed by atoms with Gasteiger partial charge in [0.15, 0.2) is 11.5 Å². The molecule has 3 N–H and O–H groups in total. The number of aromatic hydroxyl groups is 1. The van der Waals surface area contributed by atoms with Crippen molar-refractivity contribution < 1.29 is 20.1 Å². The molecule has 0 heterocycles. The predicted octanol–water partition coefficient (Wildman–Crippen LogP) is 1.42. The van der Waals surface area contributed by atoms with Gasteiger partial charge in [-0.15, -0.1) is 11.6 Å². The van der Waals surface area contributed by atoms with Gasteiger partial charge < -0.3 is 20.1 Å². The van der Waals surface area contributed by atoms with Crippen molar-refractivity contribution >= 4 is 11.6 Å². The summed E-state index contributed by atoms with van der Waals surface area (Å²) >= 11 is 5.48. The van der Waals surface area contributed by atoms with Crippen LogP contribution in [-0.2, 0) is 0 Å². The van der Waals surface area contributed by atoms with E-state index in [4.69, 9.17) is 16.3 Å². The lowest BCUT2D eigenvalue weighted by atomic mass is 10.0. The van der Waals surface area contributed by atoms with E-state index >= 15 is 0 Å². The molecule has 0 aliphatic heterocycles. The highest BCUT2D eigenvalue weighted by Crippen LogP contribution is 2.30. The molecule has 4 nitrogen and oxygen atoms in total. The van der Waals surface area contributed by atoms with Crippen molar-refractivity contribution in [2.45, 2.75) is 18.6 Å². The molecule has 2 unspecified atom stereocenters. The molecule has 1 aromatic rings. The maximum atomic E-state index is 9.79. The molecule has 0 aliphatic carbocycles. The van der Waals surface area contributed by atoms with Gasteiger partial charge in [-0.1, -0.05) is 6.07 Å². The second-order valence-electron chi connectivity index (χ2n) is 3.42. The topological polar surface area (TPSA) is 69.9 Å². The monoisotopic (exact) mass is 246 g/mol. The fourth-order valence-electron chi connectivity index (χ4n) is 1.37. The number of hydrogen-bond donors (Lipinski definition) is 3. The summed E-state index contributed by atoms with van der Waals surface area (Å²) in [4.78, 5) is 0. The normalized spacial score (nSPS) is 14.5. The zero-order chi connectivity index (χ0) is 12.1. The molecule has 90 valence electrons. The van der Waals surface area contributed by atoms with Crippen molar-refractivity contribution in [3.8, 4) is 11.5 Å². The Kier molecular flexibility index (Phi) is 4.86. The molecule has 1 aromatic carbocycles. The van der Waals surface area contributed by atoms with Crippen LogP contribution in [0.2, 0.25) is 0 Å². The number of alkyl halides is 1. The average molecular weight is 247 g/mol. The highest BCUT2D eigenvalue weighted by molar-refractivity contribution is 6.17. The third-order valence-corrected chi connectivity index (χ3v) is 2.53. The molecule has 0 saturated heterocycles. The smallest absolute Gasteiger partial charge is 0.160 e. The predicted molar refractivity (Wildman–Crippen MR) is 61.0 cm³/mol. The maximum Gasteiger partial charge on any atom is 0.160 e. The van der Waals surface area contributed by atoms with Gasteiger partial charge >= 0.3 is 0 Å². The van der Waals surface area contributed by atoms with Gasteiger partial charge in [-0.2, -0.15) is 0 Å². The molecule has 2 atom stereocenters. The van der Waals surface area contributed by atoms with E-state index in [1.54, 1.807) is 0 Å². The Hall–Kier alpha value is -0.970. The van der Waals surface area contributed by atoms with Gasteiger partial charge in [0.1, 0.15) is 6.10 Å². The van der Waals surface area contributed by atoms with Gasteiger partial charge in [0.2, 0.25) is 0 Å². The molecule has 0 spiro atoms. The Morgan fingerprint density at radius 2 is 2.06 bits per heavy atom. The van der Waals surface area contributed by atoms with E-state index in [0.29, 0.717) is 12.0 Å². The number of hydrogen-bond acceptors (Lipinski definition) is 4. The van der Waals surface area contributed by atoms with Crippen molar-refractivity contribution in [2.24, 2.45) is 0 Å². The number of phenols is 1. The summed E-state index contributed by atoms with van der Waals surface area (Å²) in [6.45, 7) is 0. The van der Waals surface area contributed by atoms with Crippen molar-refractivity contribution in [3.63, 3.8) is 0 Å². The Labute approximate surface area is 99.1 Å². The average Bonchev–Trinajstić information content (AvgIpc) is 2.29. The second kappa shape index (κ2) is 5.94.